The van der Waals surface area contributed by atoms with Gasteiger partial charge in [0, 0.05) is 18.1 Å². The number of carbonyl (C=O) groups excluding carboxylic acids is 1. The zero-order valence-corrected chi connectivity index (χ0v) is 12.7. The van der Waals surface area contributed by atoms with Gasteiger partial charge < -0.3 is 9.64 Å². The Morgan fingerprint density at radius 1 is 1.56 bits per heavy atom. The van der Waals surface area contributed by atoms with E-state index < -0.39 is 0 Å². The number of amides is 1. The van der Waals surface area contributed by atoms with Gasteiger partial charge in [-0.25, -0.2) is 0 Å². The molecule has 1 fully saturated rings. The van der Waals surface area contributed by atoms with E-state index in [-0.39, 0.29) is 17.9 Å². The van der Waals surface area contributed by atoms with Gasteiger partial charge >= 0.3 is 0 Å². The van der Waals surface area contributed by atoms with Crippen LogP contribution in [0.2, 0.25) is 5.02 Å². The van der Waals surface area contributed by atoms with Crippen molar-refractivity contribution < 1.29 is 9.53 Å². The summed E-state index contributed by atoms with van der Waals surface area (Å²) in [6.07, 6.45) is 0.757. The van der Waals surface area contributed by atoms with Gasteiger partial charge in [0.2, 0.25) is 5.91 Å². The summed E-state index contributed by atoms with van der Waals surface area (Å²) in [4.78, 5) is 14.0. The maximum Gasteiger partial charge on any atom is 0.232 e. The van der Waals surface area contributed by atoms with Crippen molar-refractivity contribution in [3.8, 4) is 0 Å². The van der Waals surface area contributed by atoms with Crippen molar-refractivity contribution in [1.29, 1.82) is 0 Å². The minimum atomic E-state index is -0.0743. The normalized spacial score (nSPS) is 23.1. The first kappa shape index (κ1) is 13.8. The van der Waals surface area contributed by atoms with Crippen molar-refractivity contribution in [2.45, 2.75) is 19.4 Å². The number of nitrogens with zero attached hydrogens (tertiary/aromatic N) is 1. The van der Waals surface area contributed by atoms with Crippen LogP contribution >= 0.6 is 27.5 Å². The standard InChI is InChI=1S/C13H15BrClNO2/c1-8-10(5-6-18-8)13(17)16(2)12-4-3-9(14)7-11(12)15/h3-4,7-8,10H,5-6H2,1-2H3. The first-order valence-electron chi connectivity index (χ1n) is 5.85. The third-order valence-corrected chi connectivity index (χ3v) is 4.09. The number of rotatable bonds is 2. The van der Waals surface area contributed by atoms with Crippen LogP contribution in [0.3, 0.4) is 0 Å². The molecule has 0 radical (unpaired) electrons. The van der Waals surface area contributed by atoms with Gasteiger partial charge in [0.1, 0.15) is 0 Å². The fourth-order valence-electron chi connectivity index (χ4n) is 2.18. The first-order chi connectivity index (χ1) is 8.50. The number of benzene rings is 1. The van der Waals surface area contributed by atoms with Crippen LogP contribution in [-0.4, -0.2) is 25.7 Å². The third kappa shape index (κ3) is 2.71. The Labute approximate surface area is 120 Å². The van der Waals surface area contributed by atoms with E-state index in [1.54, 1.807) is 18.0 Å². The molecule has 1 amide bonds. The van der Waals surface area contributed by atoms with Crippen molar-refractivity contribution in [2.75, 3.05) is 18.6 Å². The lowest BCUT2D eigenvalue weighted by Crippen LogP contribution is -2.36. The fourth-order valence-corrected chi connectivity index (χ4v) is 2.98. The van der Waals surface area contributed by atoms with Gasteiger partial charge in [0.15, 0.2) is 0 Å². The number of carbonyl (C=O) groups is 1. The molecule has 18 heavy (non-hydrogen) atoms. The number of ether oxygens (including phenoxy) is 1. The minimum Gasteiger partial charge on any atom is -0.378 e. The quantitative estimate of drug-likeness (QED) is 0.829. The van der Waals surface area contributed by atoms with Crippen molar-refractivity contribution in [3.63, 3.8) is 0 Å². The molecule has 98 valence electrons. The molecule has 5 heteroatoms. The van der Waals surface area contributed by atoms with Crippen molar-refractivity contribution >= 4 is 39.1 Å². The van der Waals surface area contributed by atoms with E-state index in [0.29, 0.717) is 11.6 Å². The van der Waals surface area contributed by atoms with E-state index in [4.69, 9.17) is 16.3 Å². The summed E-state index contributed by atoms with van der Waals surface area (Å²) in [6.45, 7) is 2.59. The Kier molecular flexibility index (Phi) is 4.30. The second-order valence-corrected chi connectivity index (χ2v) is 5.79. The zero-order valence-electron chi connectivity index (χ0n) is 10.3. The highest BCUT2D eigenvalue weighted by Gasteiger charge is 2.33. The minimum absolute atomic E-state index is 0.0193. The summed E-state index contributed by atoms with van der Waals surface area (Å²) in [6, 6.07) is 5.50. The number of anilines is 1. The molecule has 1 saturated heterocycles. The Morgan fingerprint density at radius 3 is 2.83 bits per heavy atom. The highest BCUT2D eigenvalue weighted by molar-refractivity contribution is 9.10. The van der Waals surface area contributed by atoms with Crippen LogP contribution in [0.25, 0.3) is 0 Å². The van der Waals surface area contributed by atoms with Crippen LogP contribution in [0.15, 0.2) is 22.7 Å². The molecule has 1 aliphatic rings. The van der Waals surface area contributed by atoms with E-state index in [1.807, 2.05) is 19.1 Å². The average Bonchev–Trinajstić information content (AvgIpc) is 2.74. The summed E-state index contributed by atoms with van der Waals surface area (Å²) >= 11 is 9.51. The Hall–Kier alpha value is -0.580. The Balaban J connectivity index is 2.20. The largest absolute Gasteiger partial charge is 0.378 e. The van der Waals surface area contributed by atoms with Gasteiger partial charge in [-0.1, -0.05) is 27.5 Å². The van der Waals surface area contributed by atoms with Crippen LogP contribution in [0.1, 0.15) is 13.3 Å². The van der Waals surface area contributed by atoms with E-state index >= 15 is 0 Å². The van der Waals surface area contributed by atoms with Crippen LogP contribution in [-0.2, 0) is 9.53 Å². The molecule has 0 saturated carbocycles. The monoisotopic (exact) mass is 331 g/mol. The second-order valence-electron chi connectivity index (χ2n) is 4.46. The first-order valence-corrected chi connectivity index (χ1v) is 7.02. The van der Waals surface area contributed by atoms with E-state index in [9.17, 15) is 4.79 Å². The fraction of sp³-hybridized carbons (Fsp3) is 0.462. The van der Waals surface area contributed by atoms with Crippen LogP contribution < -0.4 is 4.90 Å². The van der Waals surface area contributed by atoms with Gasteiger partial charge in [-0.15, -0.1) is 0 Å². The molecular formula is C13H15BrClNO2. The van der Waals surface area contributed by atoms with Gasteiger partial charge in [-0.3, -0.25) is 4.79 Å². The van der Waals surface area contributed by atoms with Crippen LogP contribution in [0, 0.1) is 5.92 Å². The maximum atomic E-state index is 12.4. The smallest absolute Gasteiger partial charge is 0.232 e. The van der Waals surface area contributed by atoms with Crippen LogP contribution in [0.5, 0.6) is 0 Å². The van der Waals surface area contributed by atoms with E-state index in [1.165, 1.54) is 0 Å². The Bertz CT molecular complexity index is 466. The summed E-state index contributed by atoms with van der Waals surface area (Å²) in [5.74, 6) is -0.0149. The zero-order chi connectivity index (χ0) is 13.3. The Morgan fingerprint density at radius 2 is 2.28 bits per heavy atom. The SMILES string of the molecule is CC1OCCC1C(=O)N(C)c1ccc(Br)cc1Cl. The highest BCUT2D eigenvalue weighted by Crippen LogP contribution is 2.31. The molecule has 0 spiro atoms. The van der Waals surface area contributed by atoms with Gasteiger partial charge in [0.05, 0.1) is 22.7 Å². The molecule has 0 aliphatic carbocycles. The molecular weight excluding hydrogens is 318 g/mol. The second kappa shape index (κ2) is 5.59. The molecule has 1 aromatic carbocycles. The summed E-state index contributed by atoms with van der Waals surface area (Å²) in [5, 5.41) is 0.562. The van der Waals surface area contributed by atoms with Gasteiger partial charge in [-0.2, -0.15) is 0 Å². The maximum absolute atomic E-state index is 12.4. The van der Waals surface area contributed by atoms with Crippen molar-refractivity contribution in [2.24, 2.45) is 5.92 Å². The molecule has 0 N–H and O–H groups in total. The predicted octanol–water partition coefficient (Wildman–Crippen LogP) is 3.49. The molecule has 1 aromatic rings. The molecule has 2 rings (SSSR count). The molecule has 2 atom stereocenters. The van der Waals surface area contributed by atoms with Crippen LogP contribution in [0.4, 0.5) is 5.69 Å². The van der Waals surface area contributed by atoms with Crippen molar-refractivity contribution in [3.05, 3.63) is 27.7 Å². The van der Waals surface area contributed by atoms with Crippen molar-refractivity contribution in [1.82, 2.24) is 0 Å². The molecule has 1 heterocycles. The average molecular weight is 333 g/mol. The third-order valence-electron chi connectivity index (χ3n) is 3.30. The van der Waals surface area contributed by atoms with Gasteiger partial charge in [0.25, 0.3) is 0 Å². The lowest BCUT2D eigenvalue weighted by Gasteiger charge is -2.23. The molecule has 0 aromatic heterocycles. The molecule has 0 bridgehead atoms. The molecule has 3 nitrogen and oxygen atoms in total. The topological polar surface area (TPSA) is 29.5 Å². The molecule has 2 unspecified atom stereocenters. The number of halogens is 2. The lowest BCUT2D eigenvalue weighted by atomic mass is 10.0. The summed E-state index contributed by atoms with van der Waals surface area (Å²) < 4.78 is 6.33. The summed E-state index contributed by atoms with van der Waals surface area (Å²) in [7, 11) is 1.75. The number of hydrogen-bond donors (Lipinski definition) is 0. The summed E-state index contributed by atoms with van der Waals surface area (Å²) in [5.41, 5.74) is 0.726. The lowest BCUT2D eigenvalue weighted by molar-refractivity contribution is -0.123. The predicted molar refractivity (Wildman–Crippen MR) is 76.1 cm³/mol. The van der Waals surface area contributed by atoms with Gasteiger partial charge in [-0.05, 0) is 31.5 Å². The van der Waals surface area contributed by atoms with E-state index in [2.05, 4.69) is 15.9 Å². The molecule has 1 aliphatic heterocycles. The highest BCUT2D eigenvalue weighted by atomic mass is 79.9. The van der Waals surface area contributed by atoms with E-state index in [0.717, 1.165) is 16.6 Å². The number of hydrogen-bond acceptors (Lipinski definition) is 2.